The van der Waals surface area contributed by atoms with E-state index in [2.05, 4.69) is 59.4 Å². The molecule has 1 aromatic carbocycles. The summed E-state index contributed by atoms with van der Waals surface area (Å²) in [6, 6.07) is 9.59. The van der Waals surface area contributed by atoms with Gasteiger partial charge in [-0.3, -0.25) is 0 Å². The molecule has 0 aliphatic heterocycles. The second-order valence-electron chi connectivity index (χ2n) is 7.91. The Balaban J connectivity index is 1.68. The highest BCUT2D eigenvalue weighted by atomic mass is 79.9. The van der Waals surface area contributed by atoms with E-state index in [1.54, 1.807) is 0 Å². The van der Waals surface area contributed by atoms with E-state index in [-0.39, 0.29) is 0 Å². The van der Waals surface area contributed by atoms with Gasteiger partial charge >= 0.3 is 0 Å². The molecule has 116 valence electrons. The minimum Gasteiger partial charge on any atom is -0.314 e. The predicted octanol–water partition coefficient (Wildman–Crippen LogP) is 5.19. The van der Waals surface area contributed by atoms with E-state index in [0.29, 0.717) is 5.41 Å². The van der Waals surface area contributed by atoms with Gasteiger partial charge in [-0.15, -0.1) is 0 Å². The molecule has 1 N–H and O–H groups in total. The number of hydrogen-bond acceptors (Lipinski definition) is 1. The van der Waals surface area contributed by atoms with Gasteiger partial charge in [-0.25, -0.2) is 0 Å². The van der Waals surface area contributed by atoms with E-state index in [1.807, 2.05) is 0 Å². The fourth-order valence-electron chi connectivity index (χ4n) is 3.85. The number of hydrogen-bond donors (Lipinski definition) is 1. The first-order valence-corrected chi connectivity index (χ1v) is 9.30. The van der Waals surface area contributed by atoms with E-state index in [1.165, 1.54) is 55.1 Å². The van der Waals surface area contributed by atoms with Crippen LogP contribution >= 0.6 is 15.9 Å². The molecule has 2 aliphatic carbocycles. The van der Waals surface area contributed by atoms with Gasteiger partial charge in [0.05, 0.1) is 0 Å². The van der Waals surface area contributed by atoms with E-state index < -0.39 is 0 Å². The van der Waals surface area contributed by atoms with Gasteiger partial charge in [0.25, 0.3) is 0 Å². The summed E-state index contributed by atoms with van der Waals surface area (Å²) in [6.45, 7) is 6.13. The highest BCUT2D eigenvalue weighted by Crippen LogP contribution is 2.43. The van der Waals surface area contributed by atoms with Crippen LogP contribution in [-0.2, 0) is 6.42 Å². The van der Waals surface area contributed by atoms with Crippen LogP contribution in [0.5, 0.6) is 0 Å². The molecule has 2 saturated carbocycles. The zero-order chi connectivity index (χ0) is 14.9. The van der Waals surface area contributed by atoms with Crippen LogP contribution in [0.25, 0.3) is 0 Å². The van der Waals surface area contributed by atoms with Crippen molar-refractivity contribution in [3.63, 3.8) is 0 Å². The van der Waals surface area contributed by atoms with Gasteiger partial charge in [0.15, 0.2) is 0 Å². The van der Waals surface area contributed by atoms with Gasteiger partial charge in [0.1, 0.15) is 0 Å². The minimum atomic E-state index is 0.516. The van der Waals surface area contributed by atoms with Crippen LogP contribution in [0.4, 0.5) is 0 Å². The van der Waals surface area contributed by atoms with Crippen LogP contribution in [0.15, 0.2) is 28.7 Å². The van der Waals surface area contributed by atoms with Crippen LogP contribution in [0.2, 0.25) is 0 Å². The summed E-state index contributed by atoms with van der Waals surface area (Å²) in [4.78, 5) is 0. The average Bonchev–Trinajstić information content (AvgIpc) is 3.24. The lowest BCUT2D eigenvalue weighted by Crippen LogP contribution is -2.37. The molecule has 21 heavy (non-hydrogen) atoms. The smallest absolute Gasteiger partial charge is 0.0207 e. The third-order valence-corrected chi connectivity index (χ3v) is 6.13. The zero-order valence-electron chi connectivity index (χ0n) is 13.4. The molecular formula is C19H28BrN. The Morgan fingerprint density at radius 3 is 2.62 bits per heavy atom. The fourth-order valence-corrected chi connectivity index (χ4v) is 4.30. The first-order valence-electron chi connectivity index (χ1n) is 8.50. The summed E-state index contributed by atoms with van der Waals surface area (Å²) in [6.07, 6.45) is 8.16. The molecule has 0 bridgehead atoms. The minimum absolute atomic E-state index is 0.516. The monoisotopic (exact) mass is 349 g/mol. The predicted molar refractivity (Wildman–Crippen MR) is 93.5 cm³/mol. The van der Waals surface area contributed by atoms with Crippen molar-refractivity contribution >= 4 is 15.9 Å². The van der Waals surface area contributed by atoms with Crippen molar-refractivity contribution in [1.82, 2.24) is 5.32 Å². The van der Waals surface area contributed by atoms with Crippen LogP contribution in [0, 0.1) is 17.3 Å². The Morgan fingerprint density at radius 2 is 1.90 bits per heavy atom. The van der Waals surface area contributed by atoms with Gasteiger partial charge in [-0.05, 0) is 74.0 Å². The maximum atomic E-state index is 3.77. The molecule has 0 spiro atoms. The Hall–Kier alpha value is -0.340. The van der Waals surface area contributed by atoms with Crippen molar-refractivity contribution < 1.29 is 0 Å². The van der Waals surface area contributed by atoms with E-state index in [4.69, 9.17) is 0 Å². The highest BCUT2D eigenvalue weighted by Gasteiger charge is 2.35. The summed E-state index contributed by atoms with van der Waals surface area (Å²) in [7, 11) is 0. The van der Waals surface area contributed by atoms with Crippen molar-refractivity contribution in [1.29, 1.82) is 0 Å². The summed E-state index contributed by atoms with van der Waals surface area (Å²) < 4.78 is 1.28. The zero-order valence-corrected chi connectivity index (χ0v) is 15.0. The second-order valence-corrected chi connectivity index (χ2v) is 8.76. The molecule has 0 aromatic heterocycles. The van der Waals surface area contributed by atoms with Crippen molar-refractivity contribution in [2.75, 3.05) is 6.54 Å². The maximum absolute atomic E-state index is 3.77. The van der Waals surface area contributed by atoms with Crippen molar-refractivity contribution in [3.8, 4) is 0 Å². The third-order valence-electron chi connectivity index (χ3n) is 5.36. The van der Waals surface area contributed by atoms with Gasteiger partial charge in [-0.2, -0.15) is 0 Å². The second kappa shape index (κ2) is 6.42. The van der Waals surface area contributed by atoms with Crippen LogP contribution < -0.4 is 5.32 Å². The maximum Gasteiger partial charge on any atom is 0.0207 e. The van der Waals surface area contributed by atoms with E-state index >= 15 is 0 Å². The first-order chi connectivity index (χ1) is 10.0. The largest absolute Gasteiger partial charge is 0.314 e. The Kier molecular flexibility index (Phi) is 4.75. The first kappa shape index (κ1) is 15.6. The Bertz CT molecular complexity index is 476. The molecule has 2 heteroatoms. The lowest BCUT2D eigenvalue weighted by atomic mass is 9.65. The quantitative estimate of drug-likeness (QED) is 0.771. The van der Waals surface area contributed by atoms with Crippen molar-refractivity contribution in [3.05, 3.63) is 34.3 Å². The highest BCUT2D eigenvalue weighted by molar-refractivity contribution is 9.10. The topological polar surface area (TPSA) is 12.0 Å². The Labute approximate surface area is 138 Å². The normalized spacial score (nSPS) is 28.5. The molecular weight excluding hydrogens is 322 g/mol. The summed E-state index contributed by atoms with van der Waals surface area (Å²) >= 11 is 3.73. The van der Waals surface area contributed by atoms with Crippen LogP contribution in [0.3, 0.4) is 0 Å². The molecule has 0 radical (unpaired) electrons. The number of nitrogens with one attached hydrogen (secondary N) is 1. The molecule has 2 fully saturated rings. The molecule has 0 heterocycles. The molecule has 2 atom stereocenters. The summed E-state index contributed by atoms with van der Waals surface area (Å²) in [5, 5.41) is 3.77. The molecule has 0 amide bonds. The van der Waals surface area contributed by atoms with Crippen molar-refractivity contribution in [2.45, 2.75) is 58.4 Å². The van der Waals surface area contributed by atoms with Gasteiger partial charge in [0.2, 0.25) is 0 Å². The van der Waals surface area contributed by atoms with E-state index in [0.717, 1.165) is 17.9 Å². The lowest BCUT2D eigenvalue weighted by Gasteiger charge is -2.41. The number of halogens is 1. The molecule has 2 aliphatic rings. The van der Waals surface area contributed by atoms with Crippen LogP contribution in [-0.4, -0.2) is 12.6 Å². The lowest BCUT2D eigenvalue weighted by molar-refractivity contribution is 0.115. The number of benzene rings is 1. The molecule has 1 aromatic rings. The third kappa shape index (κ3) is 4.32. The van der Waals surface area contributed by atoms with Gasteiger partial charge in [-0.1, -0.05) is 48.0 Å². The fraction of sp³-hybridized carbons (Fsp3) is 0.684. The van der Waals surface area contributed by atoms with Gasteiger partial charge in [0, 0.05) is 10.5 Å². The molecule has 0 saturated heterocycles. The molecule has 1 nitrogen and oxygen atoms in total. The molecule has 3 rings (SSSR count). The van der Waals surface area contributed by atoms with Crippen LogP contribution in [0.1, 0.15) is 51.5 Å². The van der Waals surface area contributed by atoms with Gasteiger partial charge < -0.3 is 5.32 Å². The molecule has 2 unspecified atom stereocenters. The Morgan fingerprint density at radius 1 is 1.14 bits per heavy atom. The van der Waals surface area contributed by atoms with Crippen molar-refractivity contribution in [2.24, 2.45) is 17.3 Å². The standard InChI is InChI=1S/C19H28BrN/c1-19(2)10-9-15(13-21-17-7-8-17)16(12-19)11-14-5-3-4-6-18(14)20/h3-6,15-17,21H,7-13H2,1-2H3. The summed E-state index contributed by atoms with van der Waals surface area (Å²) in [5.74, 6) is 1.67. The SMILES string of the molecule is CC1(C)CCC(CNC2CC2)C(Cc2ccccc2Br)C1. The summed E-state index contributed by atoms with van der Waals surface area (Å²) in [5.41, 5.74) is 2.00. The number of rotatable bonds is 5. The van der Waals surface area contributed by atoms with E-state index in [9.17, 15) is 0 Å². The average molecular weight is 350 g/mol.